The number of nitrogens with zero attached hydrogens (tertiary/aromatic N) is 1. The molecule has 2 fully saturated rings. The van der Waals surface area contributed by atoms with Crippen molar-refractivity contribution in [1.82, 2.24) is 10.2 Å². The van der Waals surface area contributed by atoms with Crippen LogP contribution in [0.25, 0.3) is 0 Å². The van der Waals surface area contributed by atoms with E-state index >= 15 is 0 Å². The molecule has 0 radical (unpaired) electrons. The summed E-state index contributed by atoms with van der Waals surface area (Å²) in [5, 5.41) is 6.37. The van der Waals surface area contributed by atoms with E-state index in [0.29, 0.717) is 23.4 Å². The SMILES string of the molecule is Cc1ccc(C(=O)N2CC(C)CC(C)C2)cc1NCC(=O)NC1CCCCC1. The summed E-state index contributed by atoms with van der Waals surface area (Å²) < 4.78 is 0. The largest absolute Gasteiger partial charge is 0.376 e. The van der Waals surface area contributed by atoms with Crippen molar-refractivity contribution < 1.29 is 9.59 Å². The first-order chi connectivity index (χ1) is 13.4. The van der Waals surface area contributed by atoms with Crippen LogP contribution in [0.2, 0.25) is 0 Å². The minimum absolute atomic E-state index is 0.0294. The number of carbonyl (C=O) groups excluding carboxylic acids is 2. The number of rotatable bonds is 5. The van der Waals surface area contributed by atoms with Crippen molar-refractivity contribution in [3.63, 3.8) is 0 Å². The maximum absolute atomic E-state index is 13.0. The summed E-state index contributed by atoms with van der Waals surface area (Å²) in [6.45, 7) is 8.31. The predicted octanol–water partition coefficient (Wildman–Crippen LogP) is 3.97. The number of nitrogens with one attached hydrogen (secondary N) is 2. The van der Waals surface area contributed by atoms with Gasteiger partial charge in [0.05, 0.1) is 6.54 Å². The van der Waals surface area contributed by atoms with Crippen LogP contribution >= 0.6 is 0 Å². The van der Waals surface area contributed by atoms with Crippen molar-refractivity contribution in [2.45, 2.75) is 65.3 Å². The van der Waals surface area contributed by atoms with Crippen molar-refractivity contribution in [3.8, 4) is 0 Å². The van der Waals surface area contributed by atoms with Crippen LogP contribution in [0.1, 0.15) is 68.3 Å². The molecule has 2 aliphatic rings. The zero-order valence-electron chi connectivity index (χ0n) is 17.6. The summed E-state index contributed by atoms with van der Waals surface area (Å²) in [6, 6.07) is 6.08. The Morgan fingerprint density at radius 3 is 2.43 bits per heavy atom. The van der Waals surface area contributed by atoms with Gasteiger partial charge in [-0.1, -0.05) is 39.2 Å². The lowest BCUT2D eigenvalue weighted by Gasteiger charge is -2.35. The molecule has 2 atom stereocenters. The van der Waals surface area contributed by atoms with E-state index < -0.39 is 0 Å². The van der Waals surface area contributed by atoms with Crippen LogP contribution in [0.5, 0.6) is 0 Å². The average Bonchev–Trinajstić information content (AvgIpc) is 2.67. The lowest BCUT2D eigenvalue weighted by atomic mass is 9.91. The van der Waals surface area contributed by atoms with Gasteiger partial charge in [-0.25, -0.2) is 0 Å². The van der Waals surface area contributed by atoms with E-state index in [0.717, 1.165) is 37.2 Å². The molecule has 0 spiro atoms. The molecule has 2 unspecified atom stereocenters. The summed E-state index contributed by atoms with van der Waals surface area (Å²) in [4.78, 5) is 27.2. The molecule has 1 aromatic carbocycles. The zero-order valence-corrected chi connectivity index (χ0v) is 17.6. The fraction of sp³-hybridized carbons (Fsp3) is 0.652. The molecule has 3 rings (SSSR count). The molecule has 2 N–H and O–H groups in total. The molecular formula is C23H35N3O2. The highest BCUT2D eigenvalue weighted by Crippen LogP contribution is 2.24. The first-order valence-electron chi connectivity index (χ1n) is 10.9. The van der Waals surface area contributed by atoms with Crippen molar-refractivity contribution in [2.75, 3.05) is 25.0 Å². The topological polar surface area (TPSA) is 61.4 Å². The van der Waals surface area contributed by atoms with E-state index in [9.17, 15) is 9.59 Å². The molecule has 5 nitrogen and oxygen atoms in total. The maximum Gasteiger partial charge on any atom is 0.253 e. The highest BCUT2D eigenvalue weighted by atomic mass is 16.2. The lowest BCUT2D eigenvalue weighted by Crippen LogP contribution is -2.42. The van der Waals surface area contributed by atoms with Gasteiger partial charge in [-0.3, -0.25) is 9.59 Å². The van der Waals surface area contributed by atoms with Gasteiger partial charge in [0.1, 0.15) is 0 Å². The van der Waals surface area contributed by atoms with Crippen LogP contribution < -0.4 is 10.6 Å². The smallest absolute Gasteiger partial charge is 0.253 e. The Hall–Kier alpha value is -2.04. The third-order valence-electron chi connectivity index (χ3n) is 6.05. The third kappa shape index (κ3) is 5.49. The fourth-order valence-electron chi connectivity index (χ4n) is 4.66. The highest BCUT2D eigenvalue weighted by molar-refractivity contribution is 5.95. The molecule has 0 bridgehead atoms. The number of anilines is 1. The van der Waals surface area contributed by atoms with E-state index in [1.54, 1.807) is 0 Å². The number of piperidine rings is 1. The van der Waals surface area contributed by atoms with Crippen molar-refractivity contribution in [2.24, 2.45) is 11.8 Å². The number of aryl methyl sites for hydroxylation is 1. The third-order valence-corrected chi connectivity index (χ3v) is 6.05. The Morgan fingerprint density at radius 2 is 1.75 bits per heavy atom. The van der Waals surface area contributed by atoms with Gasteiger partial charge in [-0.15, -0.1) is 0 Å². The Bertz CT molecular complexity index is 687. The first-order valence-corrected chi connectivity index (χ1v) is 10.9. The van der Waals surface area contributed by atoms with Crippen LogP contribution in [-0.2, 0) is 4.79 Å². The van der Waals surface area contributed by atoms with Gasteiger partial charge in [0.15, 0.2) is 0 Å². The highest BCUT2D eigenvalue weighted by Gasteiger charge is 2.26. The van der Waals surface area contributed by atoms with Crippen LogP contribution in [0, 0.1) is 18.8 Å². The molecule has 1 saturated heterocycles. The summed E-state index contributed by atoms with van der Waals surface area (Å²) in [6.07, 6.45) is 7.04. The van der Waals surface area contributed by atoms with E-state index in [2.05, 4.69) is 24.5 Å². The lowest BCUT2D eigenvalue weighted by molar-refractivity contribution is -0.120. The summed E-state index contributed by atoms with van der Waals surface area (Å²) in [7, 11) is 0. The van der Waals surface area contributed by atoms with E-state index in [-0.39, 0.29) is 18.4 Å². The number of amides is 2. The zero-order chi connectivity index (χ0) is 20.1. The molecule has 2 amide bonds. The molecule has 1 heterocycles. The second-order valence-corrected chi connectivity index (χ2v) is 8.94. The van der Waals surface area contributed by atoms with Gasteiger partial charge < -0.3 is 15.5 Å². The van der Waals surface area contributed by atoms with Crippen LogP contribution in [0.4, 0.5) is 5.69 Å². The number of hydrogen-bond acceptors (Lipinski definition) is 3. The van der Waals surface area contributed by atoms with Gasteiger partial charge in [-0.05, 0) is 55.7 Å². The quantitative estimate of drug-likeness (QED) is 0.806. The minimum atomic E-state index is 0.0294. The van der Waals surface area contributed by atoms with Crippen molar-refractivity contribution >= 4 is 17.5 Å². The van der Waals surface area contributed by atoms with E-state index in [4.69, 9.17) is 0 Å². The van der Waals surface area contributed by atoms with E-state index in [1.165, 1.54) is 25.7 Å². The average molecular weight is 386 g/mol. The standard InChI is InChI=1S/C23H35N3O2/c1-16-11-17(2)15-26(14-16)23(28)19-10-9-18(3)21(12-19)24-13-22(27)25-20-7-5-4-6-8-20/h9-10,12,16-17,20,24H,4-8,11,13-15H2,1-3H3,(H,25,27). The normalized spacial score (nSPS) is 23.3. The van der Waals surface area contributed by atoms with E-state index in [1.807, 2.05) is 30.0 Å². The fourth-order valence-corrected chi connectivity index (χ4v) is 4.66. The van der Waals surface area contributed by atoms with Gasteiger partial charge >= 0.3 is 0 Å². The first kappa shape index (κ1) is 20.7. The number of hydrogen-bond donors (Lipinski definition) is 2. The molecule has 1 aliphatic carbocycles. The Morgan fingerprint density at radius 1 is 1.07 bits per heavy atom. The predicted molar refractivity (Wildman–Crippen MR) is 114 cm³/mol. The van der Waals surface area contributed by atoms with Crippen LogP contribution in [0.3, 0.4) is 0 Å². The minimum Gasteiger partial charge on any atom is -0.376 e. The molecule has 0 aromatic heterocycles. The van der Waals surface area contributed by atoms with Crippen molar-refractivity contribution in [3.05, 3.63) is 29.3 Å². The summed E-state index contributed by atoms with van der Waals surface area (Å²) >= 11 is 0. The van der Waals surface area contributed by atoms with Crippen LogP contribution in [-0.4, -0.2) is 42.4 Å². The monoisotopic (exact) mass is 385 g/mol. The summed E-state index contributed by atoms with van der Waals surface area (Å²) in [5.74, 6) is 1.20. The van der Waals surface area contributed by atoms with Gasteiger partial charge in [0.25, 0.3) is 5.91 Å². The van der Waals surface area contributed by atoms with Gasteiger partial charge in [0, 0.05) is 30.4 Å². The Labute approximate surface area is 169 Å². The molecular weight excluding hydrogens is 350 g/mol. The molecule has 1 saturated carbocycles. The second-order valence-electron chi connectivity index (χ2n) is 8.94. The number of carbonyl (C=O) groups is 2. The van der Waals surface area contributed by atoms with Gasteiger partial charge in [-0.2, -0.15) is 0 Å². The second kappa shape index (κ2) is 9.44. The maximum atomic E-state index is 13.0. The number of benzene rings is 1. The van der Waals surface area contributed by atoms with Crippen molar-refractivity contribution in [1.29, 1.82) is 0 Å². The van der Waals surface area contributed by atoms with Gasteiger partial charge in [0.2, 0.25) is 5.91 Å². The molecule has 154 valence electrons. The number of likely N-dealkylation sites (tertiary alicyclic amines) is 1. The summed E-state index contributed by atoms with van der Waals surface area (Å²) in [5.41, 5.74) is 2.60. The Balaban J connectivity index is 1.59. The van der Waals surface area contributed by atoms with Crippen LogP contribution in [0.15, 0.2) is 18.2 Å². The molecule has 28 heavy (non-hydrogen) atoms. The Kier molecular flexibility index (Phi) is 6.97. The molecule has 1 aromatic rings. The molecule has 5 heteroatoms. The molecule has 1 aliphatic heterocycles.